The first-order chi connectivity index (χ1) is 13.0. The van der Waals surface area contributed by atoms with Crippen LogP contribution in [0, 0.1) is 22.7 Å². The minimum Gasteiger partial charge on any atom is -0.392 e. The molecule has 2 heterocycles. The van der Waals surface area contributed by atoms with Crippen molar-refractivity contribution in [3.8, 4) is 0 Å². The molecule has 2 aliphatic carbocycles. The van der Waals surface area contributed by atoms with E-state index in [0.29, 0.717) is 11.8 Å². The van der Waals surface area contributed by atoms with E-state index in [2.05, 4.69) is 43.0 Å². The second kappa shape index (κ2) is 6.55. The van der Waals surface area contributed by atoms with E-state index in [4.69, 9.17) is 9.47 Å². The van der Waals surface area contributed by atoms with Crippen LogP contribution in [0.1, 0.15) is 50.3 Å². The molecule has 0 amide bonds. The maximum absolute atomic E-state index is 11.2. The van der Waals surface area contributed by atoms with E-state index >= 15 is 0 Å². The topological polar surface area (TPSA) is 41.9 Å². The van der Waals surface area contributed by atoms with E-state index < -0.39 is 0 Å². The van der Waals surface area contributed by atoms with Gasteiger partial charge in [0.25, 0.3) is 0 Å². The average Bonchev–Trinajstić information content (AvgIpc) is 3.16. The third-order valence-electron chi connectivity index (χ3n) is 8.22. The van der Waals surface area contributed by atoms with Gasteiger partial charge in [-0.15, -0.1) is 0 Å². The fourth-order valence-corrected chi connectivity index (χ4v) is 6.64. The maximum Gasteiger partial charge on any atom is 0.0859 e. The molecule has 1 aromatic carbocycles. The molecule has 4 aliphatic rings. The summed E-state index contributed by atoms with van der Waals surface area (Å²) >= 11 is 0. The van der Waals surface area contributed by atoms with Crippen molar-refractivity contribution in [3.05, 3.63) is 35.4 Å². The lowest BCUT2D eigenvalue weighted by atomic mass is 9.60. The highest BCUT2D eigenvalue weighted by atomic mass is 16.5. The Balaban J connectivity index is 1.38. The molecule has 4 heteroatoms. The predicted octanol–water partition coefficient (Wildman–Crippen LogP) is 3.39. The molecule has 5 atom stereocenters. The molecule has 4 fully saturated rings. The van der Waals surface area contributed by atoms with Crippen LogP contribution in [0.2, 0.25) is 0 Å². The van der Waals surface area contributed by atoms with Gasteiger partial charge in [-0.05, 0) is 47.6 Å². The standard InChI is InChI=1S/C23H33NO3/c1-22(2)18-13-19-20(27-9-6-23(19,14-18)21(22)25)17-5-3-4-16(12-17)15-24-7-10-26-11-8-24/h3-5,12,18-21,25H,6-11,13-15H2,1-2H3/t18-,19-,20-,21-,23?/m1/s1. The molecule has 2 aliphatic heterocycles. The number of benzene rings is 1. The van der Waals surface area contributed by atoms with Crippen LogP contribution in [0.25, 0.3) is 0 Å². The first-order valence-electron chi connectivity index (χ1n) is 10.7. The van der Waals surface area contributed by atoms with E-state index in [-0.39, 0.29) is 23.0 Å². The van der Waals surface area contributed by atoms with Crippen molar-refractivity contribution in [2.75, 3.05) is 32.9 Å². The Morgan fingerprint density at radius 1 is 1.19 bits per heavy atom. The maximum atomic E-state index is 11.2. The summed E-state index contributed by atoms with van der Waals surface area (Å²) in [5.41, 5.74) is 2.79. The summed E-state index contributed by atoms with van der Waals surface area (Å²) in [5.74, 6) is 1.08. The van der Waals surface area contributed by atoms with E-state index in [1.807, 2.05) is 0 Å². The Kier molecular flexibility index (Phi) is 4.39. The molecule has 0 aromatic heterocycles. The van der Waals surface area contributed by atoms with Gasteiger partial charge in [0.1, 0.15) is 0 Å². The highest BCUT2D eigenvalue weighted by Crippen LogP contribution is 2.70. The molecule has 2 saturated heterocycles. The number of fused-ring (bicyclic) bond motifs is 1. The SMILES string of the molecule is CC1(C)[C@@H]2C[C@@H]3[C@@H](c4cccc(CN5CCOCC5)c4)OCCC3(C2)[C@@H]1O. The van der Waals surface area contributed by atoms with Gasteiger partial charge in [-0.25, -0.2) is 0 Å². The molecule has 27 heavy (non-hydrogen) atoms. The Hall–Kier alpha value is -0.940. The first kappa shape index (κ1) is 18.1. The molecule has 1 aromatic rings. The lowest BCUT2D eigenvalue weighted by Gasteiger charge is -2.51. The van der Waals surface area contributed by atoms with Crippen LogP contribution >= 0.6 is 0 Å². The molecule has 148 valence electrons. The third-order valence-corrected chi connectivity index (χ3v) is 8.22. The van der Waals surface area contributed by atoms with Gasteiger partial charge in [-0.1, -0.05) is 38.1 Å². The van der Waals surface area contributed by atoms with Crippen molar-refractivity contribution < 1.29 is 14.6 Å². The normalized spacial score (nSPS) is 40.9. The van der Waals surface area contributed by atoms with Crippen molar-refractivity contribution >= 4 is 0 Å². The van der Waals surface area contributed by atoms with Crippen LogP contribution in [-0.2, 0) is 16.0 Å². The van der Waals surface area contributed by atoms with Crippen LogP contribution in [-0.4, -0.2) is 49.0 Å². The van der Waals surface area contributed by atoms with E-state index in [9.17, 15) is 5.11 Å². The summed E-state index contributed by atoms with van der Waals surface area (Å²) in [5, 5.41) is 11.2. The number of morpholine rings is 1. The van der Waals surface area contributed by atoms with Gasteiger partial charge in [-0.2, -0.15) is 0 Å². The molecular formula is C23H33NO3. The van der Waals surface area contributed by atoms with Gasteiger partial charge in [0.2, 0.25) is 0 Å². The third kappa shape index (κ3) is 2.79. The van der Waals surface area contributed by atoms with Crippen molar-refractivity contribution in [2.45, 2.75) is 51.9 Å². The highest BCUT2D eigenvalue weighted by molar-refractivity contribution is 5.29. The zero-order valence-electron chi connectivity index (χ0n) is 16.7. The summed E-state index contributed by atoms with van der Waals surface area (Å²) in [4.78, 5) is 2.47. The number of aliphatic hydroxyl groups excluding tert-OH is 1. The predicted molar refractivity (Wildman–Crippen MR) is 104 cm³/mol. The lowest BCUT2D eigenvalue weighted by molar-refractivity contribution is -0.164. The van der Waals surface area contributed by atoms with Gasteiger partial charge in [0, 0.05) is 31.7 Å². The lowest BCUT2D eigenvalue weighted by Crippen LogP contribution is -2.51. The van der Waals surface area contributed by atoms with Crippen molar-refractivity contribution in [2.24, 2.45) is 22.7 Å². The largest absolute Gasteiger partial charge is 0.392 e. The molecular weight excluding hydrogens is 338 g/mol. The summed E-state index contributed by atoms with van der Waals surface area (Å²) < 4.78 is 11.8. The number of hydrogen-bond donors (Lipinski definition) is 1. The molecule has 5 rings (SSSR count). The summed E-state index contributed by atoms with van der Waals surface area (Å²) in [6.07, 6.45) is 3.33. The van der Waals surface area contributed by atoms with Crippen LogP contribution in [0.5, 0.6) is 0 Å². The van der Waals surface area contributed by atoms with Gasteiger partial charge >= 0.3 is 0 Å². The molecule has 1 unspecified atom stereocenters. The fourth-order valence-electron chi connectivity index (χ4n) is 6.64. The second-order valence-corrected chi connectivity index (χ2v) is 9.88. The van der Waals surface area contributed by atoms with Crippen LogP contribution < -0.4 is 0 Å². The Labute approximate surface area is 162 Å². The number of hydrogen-bond acceptors (Lipinski definition) is 4. The van der Waals surface area contributed by atoms with Crippen molar-refractivity contribution in [1.29, 1.82) is 0 Å². The zero-order chi connectivity index (χ0) is 18.6. The molecule has 2 bridgehead atoms. The smallest absolute Gasteiger partial charge is 0.0859 e. The highest BCUT2D eigenvalue weighted by Gasteiger charge is 2.67. The van der Waals surface area contributed by atoms with Crippen LogP contribution in [0.15, 0.2) is 24.3 Å². The average molecular weight is 372 g/mol. The van der Waals surface area contributed by atoms with Gasteiger partial charge < -0.3 is 14.6 Å². The first-order valence-corrected chi connectivity index (χ1v) is 10.7. The molecule has 1 N–H and O–H groups in total. The summed E-state index contributed by atoms with van der Waals surface area (Å²) in [6, 6.07) is 9.00. The fraction of sp³-hybridized carbons (Fsp3) is 0.739. The summed E-state index contributed by atoms with van der Waals surface area (Å²) in [6.45, 7) is 9.99. The quantitative estimate of drug-likeness (QED) is 0.884. The molecule has 4 nitrogen and oxygen atoms in total. The van der Waals surface area contributed by atoms with Gasteiger partial charge in [0.05, 0.1) is 25.4 Å². The van der Waals surface area contributed by atoms with Crippen molar-refractivity contribution in [1.82, 2.24) is 4.90 Å². The Morgan fingerprint density at radius 2 is 2.00 bits per heavy atom. The molecule has 1 spiro atoms. The minimum absolute atomic E-state index is 0.0522. The molecule has 0 radical (unpaired) electrons. The minimum atomic E-state index is -0.198. The number of nitrogens with zero attached hydrogens (tertiary/aromatic N) is 1. The van der Waals surface area contributed by atoms with E-state index in [1.165, 1.54) is 24.0 Å². The van der Waals surface area contributed by atoms with Crippen LogP contribution in [0.3, 0.4) is 0 Å². The van der Waals surface area contributed by atoms with Gasteiger partial charge in [-0.3, -0.25) is 4.90 Å². The van der Waals surface area contributed by atoms with E-state index in [0.717, 1.165) is 45.9 Å². The Bertz CT molecular complexity index is 699. The summed E-state index contributed by atoms with van der Waals surface area (Å²) in [7, 11) is 0. The second-order valence-electron chi connectivity index (χ2n) is 9.88. The monoisotopic (exact) mass is 371 g/mol. The Morgan fingerprint density at radius 3 is 2.78 bits per heavy atom. The van der Waals surface area contributed by atoms with E-state index in [1.54, 1.807) is 0 Å². The van der Waals surface area contributed by atoms with Crippen molar-refractivity contribution in [3.63, 3.8) is 0 Å². The molecule has 2 saturated carbocycles. The number of rotatable bonds is 3. The number of aliphatic hydroxyl groups is 1. The number of ether oxygens (including phenoxy) is 2. The zero-order valence-corrected chi connectivity index (χ0v) is 16.7. The van der Waals surface area contributed by atoms with Gasteiger partial charge in [0.15, 0.2) is 0 Å². The van der Waals surface area contributed by atoms with Crippen LogP contribution in [0.4, 0.5) is 0 Å².